The van der Waals surface area contributed by atoms with Gasteiger partial charge >= 0.3 is 5.97 Å². The molecular weight excluding hydrogens is 456 g/mol. The number of rotatable bonds is 6. The first-order valence-electron chi connectivity index (χ1n) is 10.5. The van der Waals surface area contributed by atoms with E-state index < -0.39 is 17.8 Å². The van der Waals surface area contributed by atoms with Crippen LogP contribution in [0.25, 0.3) is 33.4 Å². The summed E-state index contributed by atoms with van der Waals surface area (Å²) in [6.45, 7) is 0. The SMILES string of the molecule is COc1ccc(-c2nc(C(=O)ON3C(=O)CCC3=O)c(-c3ccc(OC)cc3)c3nonc23)cc1. The summed E-state index contributed by atoms with van der Waals surface area (Å²) in [5.74, 6) is -0.978. The topological polar surface area (TPSA) is 134 Å². The predicted octanol–water partition coefficient (Wildman–Crippen LogP) is 3.19. The highest BCUT2D eigenvalue weighted by atomic mass is 16.7. The molecule has 2 aromatic heterocycles. The molecule has 2 aromatic carbocycles. The van der Waals surface area contributed by atoms with E-state index >= 15 is 0 Å². The molecule has 11 heteroatoms. The Hall–Kier alpha value is -4.80. The molecule has 1 aliphatic rings. The second kappa shape index (κ2) is 8.86. The highest BCUT2D eigenvalue weighted by molar-refractivity contribution is 6.09. The van der Waals surface area contributed by atoms with Crippen LogP contribution in [0.5, 0.6) is 11.5 Å². The molecule has 0 unspecified atom stereocenters. The number of carbonyl (C=O) groups excluding carboxylic acids is 3. The maximum atomic E-state index is 13.3. The molecule has 0 N–H and O–H groups in total. The van der Waals surface area contributed by atoms with E-state index in [2.05, 4.69) is 15.3 Å². The van der Waals surface area contributed by atoms with Crippen molar-refractivity contribution in [2.45, 2.75) is 12.8 Å². The molecule has 0 aliphatic carbocycles. The molecule has 1 fully saturated rings. The number of amides is 2. The van der Waals surface area contributed by atoms with E-state index in [1.54, 1.807) is 55.6 Å². The van der Waals surface area contributed by atoms with Gasteiger partial charge in [0.25, 0.3) is 11.8 Å². The largest absolute Gasteiger partial charge is 0.497 e. The summed E-state index contributed by atoms with van der Waals surface area (Å²) < 4.78 is 15.4. The van der Waals surface area contributed by atoms with Crippen LogP contribution in [0.15, 0.2) is 53.2 Å². The maximum absolute atomic E-state index is 13.3. The van der Waals surface area contributed by atoms with Crippen LogP contribution in [0.2, 0.25) is 0 Å². The first-order valence-corrected chi connectivity index (χ1v) is 10.5. The van der Waals surface area contributed by atoms with Crippen LogP contribution in [0.1, 0.15) is 23.3 Å². The third-order valence-corrected chi connectivity index (χ3v) is 5.53. The van der Waals surface area contributed by atoms with E-state index in [9.17, 15) is 14.4 Å². The Morgan fingerprint density at radius 1 is 0.829 bits per heavy atom. The van der Waals surface area contributed by atoms with Gasteiger partial charge in [0.05, 0.1) is 14.2 Å². The summed E-state index contributed by atoms with van der Waals surface area (Å²) in [6, 6.07) is 13.8. The molecule has 11 nitrogen and oxygen atoms in total. The molecule has 4 aromatic rings. The number of hydroxylamine groups is 2. The van der Waals surface area contributed by atoms with Gasteiger partial charge in [-0.3, -0.25) is 9.59 Å². The maximum Gasteiger partial charge on any atom is 0.382 e. The summed E-state index contributed by atoms with van der Waals surface area (Å²) in [7, 11) is 3.08. The fourth-order valence-corrected chi connectivity index (χ4v) is 3.75. The number of ether oxygens (including phenoxy) is 2. The Morgan fingerprint density at radius 3 is 1.94 bits per heavy atom. The molecule has 5 rings (SSSR count). The van der Waals surface area contributed by atoms with Gasteiger partial charge in [-0.05, 0) is 52.3 Å². The average Bonchev–Trinajstić information content (AvgIpc) is 3.50. The van der Waals surface area contributed by atoms with Crippen LogP contribution in [-0.2, 0) is 14.4 Å². The summed E-state index contributed by atoms with van der Waals surface area (Å²) in [6.07, 6.45) is -0.0670. The lowest BCUT2D eigenvalue weighted by atomic mass is 9.99. The standard InChI is InChI=1S/C24H18N4O7/c1-32-15-7-3-13(4-8-15)19-21-23(27-35-26-21)20(14-5-9-16(33-2)10-6-14)25-22(19)24(31)34-28-17(29)11-12-18(28)30/h3-10H,11-12H2,1-2H3. The summed E-state index contributed by atoms with van der Waals surface area (Å²) in [5.41, 5.74) is 2.11. The van der Waals surface area contributed by atoms with Crippen molar-refractivity contribution in [3.05, 3.63) is 54.2 Å². The van der Waals surface area contributed by atoms with Gasteiger partial charge < -0.3 is 14.3 Å². The molecule has 2 amide bonds. The van der Waals surface area contributed by atoms with Gasteiger partial charge in [0.1, 0.15) is 22.7 Å². The van der Waals surface area contributed by atoms with Gasteiger partial charge in [-0.2, -0.15) is 0 Å². The van der Waals surface area contributed by atoms with E-state index in [1.165, 1.54) is 7.11 Å². The van der Waals surface area contributed by atoms with Crippen molar-refractivity contribution in [2.75, 3.05) is 14.2 Å². The van der Waals surface area contributed by atoms with Crippen molar-refractivity contribution in [3.63, 3.8) is 0 Å². The first-order chi connectivity index (χ1) is 17.0. The Kier molecular flexibility index (Phi) is 5.57. The van der Waals surface area contributed by atoms with E-state index in [0.717, 1.165) is 0 Å². The van der Waals surface area contributed by atoms with E-state index in [1.807, 2.05) is 0 Å². The molecule has 0 radical (unpaired) electrons. The van der Waals surface area contributed by atoms with Gasteiger partial charge in [-0.25, -0.2) is 14.4 Å². The molecule has 1 saturated heterocycles. The lowest BCUT2D eigenvalue weighted by Gasteiger charge is -2.15. The minimum atomic E-state index is -1.00. The Morgan fingerprint density at radius 2 is 1.37 bits per heavy atom. The van der Waals surface area contributed by atoms with Crippen LogP contribution >= 0.6 is 0 Å². The molecule has 0 spiro atoms. The minimum Gasteiger partial charge on any atom is -0.497 e. The van der Waals surface area contributed by atoms with Gasteiger partial charge in [-0.1, -0.05) is 12.1 Å². The zero-order valence-electron chi connectivity index (χ0n) is 18.7. The van der Waals surface area contributed by atoms with Crippen molar-refractivity contribution in [1.82, 2.24) is 20.4 Å². The molecule has 0 saturated carbocycles. The number of pyridine rings is 1. The number of nitrogens with zero attached hydrogens (tertiary/aromatic N) is 4. The van der Waals surface area contributed by atoms with Crippen LogP contribution < -0.4 is 9.47 Å². The second-order valence-electron chi connectivity index (χ2n) is 7.56. The van der Waals surface area contributed by atoms with E-state index in [4.69, 9.17) is 18.9 Å². The monoisotopic (exact) mass is 474 g/mol. The fraction of sp³-hybridized carbons (Fsp3) is 0.167. The lowest BCUT2D eigenvalue weighted by Crippen LogP contribution is -2.32. The number of carbonyl (C=O) groups is 3. The molecule has 35 heavy (non-hydrogen) atoms. The minimum absolute atomic E-state index is 0.0335. The zero-order chi connectivity index (χ0) is 24.5. The molecule has 0 bridgehead atoms. The van der Waals surface area contributed by atoms with Crippen molar-refractivity contribution in [2.24, 2.45) is 0 Å². The van der Waals surface area contributed by atoms with Crippen molar-refractivity contribution < 1.29 is 33.3 Å². The number of imide groups is 1. The smallest absolute Gasteiger partial charge is 0.382 e. The van der Waals surface area contributed by atoms with Crippen LogP contribution in [0.3, 0.4) is 0 Å². The molecule has 3 heterocycles. The number of methoxy groups -OCH3 is 2. The summed E-state index contributed by atoms with van der Waals surface area (Å²) in [4.78, 5) is 47.1. The third-order valence-electron chi connectivity index (χ3n) is 5.53. The summed E-state index contributed by atoms with van der Waals surface area (Å²) >= 11 is 0. The van der Waals surface area contributed by atoms with Gasteiger partial charge in [-0.15, -0.1) is 5.06 Å². The van der Waals surface area contributed by atoms with Crippen LogP contribution in [-0.4, -0.2) is 52.4 Å². The number of hydrogen-bond donors (Lipinski definition) is 0. The number of fused-ring (bicyclic) bond motifs is 1. The van der Waals surface area contributed by atoms with E-state index in [0.29, 0.717) is 38.9 Å². The normalized spacial score (nSPS) is 13.4. The Labute approximate surface area is 198 Å². The second-order valence-corrected chi connectivity index (χ2v) is 7.56. The summed E-state index contributed by atoms with van der Waals surface area (Å²) in [5, 5.41) is 8.51. The van der Waals surface area contributed by atoms with Crippen molar-refractivity contribution >= 4 is 28.8 Å². The molecule has 0 atom stereocenters. The molecule has 176 valence electrons. The lowest BCUT2D eigenvalue weighted by molar-refractivity contribution is -0.172. The number of benzene rings is 2. The van der Waals surface area contributed by atoms with Gasteiger partial charge in [0.15, 0.2) is 11.2 Å². The van der Waals surface area contributed by atoms with Crippen LogP contribution in [0, 0.1) is 0 Å². The van der Waals surface area contributed by atoms with E-state index in [-0.39, 0.29) is 29.6 Å². The number of aromatic nitrogens is 3. The fourth-order valence-electron chi connectivity index (χ4n) is 3.75. The van der Waals surface area contributed by atoms with Gasteiger partial charge in [0.2, 0.25) is 0 Å². The molecule has 1 aliphatic heterocycles. The zero-order valence-corrected chi connectivity index (χ0v) is 18.7. The Bertz CT molecular complexity index is 1430. The first kappa shape index (κ1) is 22.0. The number of hydrogen-bond acceptors (Lipinski definition) is 10. The highest BCUT2D eigenvalue weighted by Gasteiger charge is 2.35. The average molecular weight is 474 g/mol. The molecular formula is C24H18N4O7. The third kappa shape index (κ3) is 3.92. The Balaban J connectivity index is 1.70. The van der Waals surface area contributed by atoms with Crippen LogP contribution in [0.4, 0.5) is 0 Å². The van der Waals surface area contributed by atoms with Crippen molar-refractivity contribution in [1.29, 1.82) is 0 Å². The predicted molar refractivity (Wildman–Crippen MR) is 120 cm³/mol. The van der Waals surface area contributed by atoms with Crippen molar-refractivity contribution in [3.8, 4) is 33.9 Å². The quantitative estimate of drug-likeness (QED) is 0.384. The van der Waals surface area contributed by atoms with Gasteiger partial charge in [0, 0.05) is 24.0 Å². The highest BCUT2D eigenvalue weighted by Crippen LogP contribution is 2.36.